The largest absolute Gasteiger partial charge is 0.478 e. The third-order valence-corrected chi connectivity index (χ3v) is 5.96. The van der Waals surface area contributed by atoms with Crippen LogP contribution in [0.1, 0.15) is 22.0 Å². The Hall–Kier alpha value is -4.76. The average molecular weight is 518 g/mol. The Balaban J connectivity index is 1.71. The number of amides is 1. The van der Waals surface area contributed by atoms with Gasteiger partial charge in [0.15, 0.2) is 0 Å². The van der Waals surface area contributed by atoms with Gasteiger partial charge in [-0.25, -0.2) is 4.79 Å². The maximum atomic E-state index is 13.3. The van der Waals surface area contributed by atoms with Gasteiger partial charge in [-0.05, 0) is 53.6 Å². The third-order valence-electron chi connectivity index (χ3n) is 5.72. The van der Waals surface area contributed by atoms with Crippen LogP contribution in [0.2, 0.25) is 5.02 Å². The molecule has 1 unspecified atom stereocenters. The molecule has 9 nitrogen and oxygen atoms in total. The van der Waals surface area contributed by atoms with Gasteiger partial charge < -0.3 is 15.0 Å². The first-order chi connectivity index (χ1) is 17.7. The van der Waals surface area contributed by atoms with Crippen LogP contribution in [-0.4, -0.2) is 26.5 Å². The molecule has 10 heteroatoms. The van der Waals surface area contributed by atoms with E-state index in [4.69, 9.17) is 16.7 Å². The molecule has 1 heterocycles. The number of carboxylic acid groups (broad SMARTS) is 1. The Morgan fingerprint density at radius 2 is 1.70 bits per heavy atom. The van der Waals surface area contributed by atoms with Gasteiger partial charge in [0, 0.05) is 35.5 Å². The van der Waals surface area contributed by atoms with Crippen LogP contribution in [0.3, 0.4) is 0 Å². The molecule has 1 aromatic heterocycles. The summed E-state index contributed by atoms with van der Waals surface area (Å²) in [4.78, 5) is 48.6. The van der Waals surface area contributed by atoms with Crippen molar-refractivity contribution < 1.29 is 19.6 Å². The molecule has 37 heavy (non-hydrogen) atoms. The van der Waals surface area contributed by atoms with Gasteiger partial charge in [0.2, 0.25) is 5.91 Å². The van der Waals surface area contributed by atoms with Crippen molar-refractivity contribution in [2.24, 2.45) is 0 Å². The zero-order valence-electron chi connectivity index (χ0n) is 19.2. The standard InChI is InChI=1S/C27H20ClN3O6/c28-20-8-11-23(31(36)37)22(16-20)19-12-13-30(25(32)15-19)24(14-17-4-2-1-3-5-17)26(33)29-21-9-6-18(7-10-21)27(34)35/h1-13,15-16,24H,14H2,(H,29,33)(H,34,35). The normalized spacial score (nSPS) is 11.5. The zero-order chi connectivity index (χ0) is 26.5. The van der Waals surface area contributed by atoms with Gasteiger partial charge in [0.05, 0.1) is 16.1 Å². The van der Waals surface area contributed by atoms with E-state index in [1.165, 1.54) is 65.4 Å². The quantitative estimate of drug-likeness (QED) is 0.244. The van der Waals surface area contributed by atoms with Crippen LogP contribution in [0.4, 0.5) is 11.4 Å². The molecule has 0 radical (unpaired) electrons. The lowest BCUT2D eigenvalue weighted by molar-refractivity contribution is -0.384. The average Bonchev–Trinajstić information content (AvgIpc) is 2.88. The highest BCUT2D eigenvalue weighted by molar-refractivity contribution is 6.31. The molecule has 0 saturated carbocycles. The van der Waals surface area contributed by atoms with Gasteiger partial charge in [-0.2, -0.15) is 0 Å². The van der Waals surface area contributed by atoms with Crippen molar-refractivity contribution in [3.05, 3.63) is 128 Å². The van der Waals surface area contributed by atoms with Crippen molar-refractivity contribution in [2.75, 3.05) is 5.32 Å². The van der Waals surface area contributed by atoms with Crippen LogP contribution in [0.25, 0.3) is 11.1 Å². The highest BCUT2D eigenvalue weighted by atomic mass is 35.5. The maximum Gasteiger partial charge on any atom is 0.335 e. The number of nitro groups is 1. The van der Waals surface area contributed by atoms with Gasteiger partial charge in [-0.3, -0.25) is 19.7 Å². The molecule has 0 spiro atoms. The fourth-order valence-electron chi connectivity index (χ4n) is 3.89. The summed E-state index contributed by atoms with van der Waals surface area (Å²) < 4.78 is 1.26. The molecule has 4 rings (SSSR count). The lowest BCUT2D eigenvalue weighted by Crippen LogP contribution is -2.34. The van der Waals surface area contributed by atoms with Crippen molar-refractivity contribution in [3.8, 4) is 11.1 Å². The molecule has 0 aliphatic rings. The molecule has 0 aliphatic carbocycles. The first kappa shape index (κ1) is 25.3. The highest BCUT2D eigenvalue weighted by Crippen LogP contribution is 2.32. The van der Waals surface area contributed by atoms with Crippen molar-refractivity contribution in [1.29, 1.82) is 0 Å². The topological polar surface area (TPSA) is 132 Å². The molecule has 0 aliphatic heterocycles. The number of nitro benzene ring substituents is 1. The maximum absolute atomic E-state index is 13.3. The highest BCUT2D eigenvalue weighted by Gasteiger charge is 2.24. The number of nitrogens with one attached hydrogen (secondary N) is 1. The number of benzene rings is 3. The minimum atomic E-state index is -1.09. The van der Waals surface area contributed by atoms with Crippen molar-refractivity contribution in [2.45, 2.75) is 12.5 Å². The van der Waals surface area contributed by atoms with Gasteiger partial charge >= 0.3 is 5.97 Å². The number of nitrogens with zero attached hydrogens (tertiary/aromatic N) is 2. The Morgan fingerprint density at radius 1 is 1.00 bits per heavy atom. The second kappa shape index (κ2) is 10.9. The number of pyridine rings is 1. The molecule has 0 fully saturated rings. The molecule has 0 saturated heterocycles. The van der Waals surface area contributed by atoms with E-state index in [2.05, 4.69) is 5.32 Å². The first-order valence-electron chi connectivity index (χ1n) is 11.1. The summed E-state index contributed by atoms with van der Waals surface area (Å²) in [5.41, 5.74) is 0.982. The predicted octanol–water partition coefficient (Wildman–Crippen LogP) is 5.20. The summed E-state index contributed by atoms with van der Waals surface area (Å²) in [7, 11) is 0. The zero-order valence-corrected chi connectivity index (χ0v) is 20.0. The Bertz CT molecular complexity index is 1530. The van der Waals surface area contributed by atoms with Crippen molar-refractivity contribution >= 4 is 34.9 Å². The molecule has 0 bridgehead atoms. The minimum absolute atomic E-state index is 0.0701. The van der Waals surface area contributed by atoms with Crippen molar-refractivity contribution in [1.82, 2.24) is 4.57 Å². The number of hydrogen-bond donors (Lipinski definition) is 2. The molecule has 186 valence electrons. The number of aromatic carboxylic acids is 1. The summed E-state index contributed by atoms with van der Waals surface area (Å²) in [5, 5.41) is 23.6. The van der Waals surface area contributed by atoms with E-state index in [0.29, 0.717) is 11.3 Å². The van der Waals surface area contributed by atoms with Gasteiger partial charge in [0.1, 0.15) is 6.04 Å². The fraction of sp³-hybridized carbons (Fsp3) is 0.0741. The van der Waals surface area contributed by atoms with E-state index in [1.54, 1.807) is 0 Å². The van der Waals surface area contributed by atoms with Crippen LogP contribution in [0.15, 0.2) is 95.9 Å². The van der Waals surface area contributed by atoms with Crippen molar-refractivity contribution in [3.63, 3.8) is 0 Å². The lowest BCUT2D eigenvalue weighted by Gasteiger charge is -2.20. The summed E-state index contributed by atoms with van der Waals surface area (Å²) in [6, 6.07) is 20.6. The second-order valence-electron chi connectivity index (χ2n) is 8.16. The van der Waals surface area contributed by atoms with E-state index in [1.807, 2.05) is 30.3 Å². The van der Waals surface area contributed by atoms with E-state index >= 15 is 0 Å². The Kier molecular flexibility index (Phi) is 7.45. The number of hydrogen-bond acceptors (Lipinski definition) is 5. The molecular formula is C27H20ClN3O6. The smallest absolute Gasteiger partial charge is 0.335 e. The number of anilines is 1. The van der Waals surface area contributed by atoms with E-state index in [9.17, 15) is 24.5 Å². The van der Waals surface area contributed by atoms with Crippen LogP contribution >= 0.6 is 11.6 Å². The van der Waals surface area contributed by atoms with Gasteiger partial charge in [0.25, 0.3) is 11.2 Å². The van der Waals surface area contributed by atoms with Crippen LogP contribution in [0.5, 0.6) is 0 Å². The Labute approximate surface area is 215 Å². The minimum Gasteiger partial charge on any atom is -0.478 e. The predicted molar refractivity (Wildman–Crippen MR) is 139 cm³/mol. The van der Waals surface area contributed by atoms with Crippen LogP contribution < -0.4 is 10.9 Å². The van der Waals surface area contributed by atoms with Gasteiger partial charge in [-0.15, -0.1) is 0 Å². The fourth-order valence-corrected chi connectivity index (χ4v) is 4.06. The number of carbonyl (C=O) groups is 2. The van der Waals surface area contributed by atoms with Crippen LogP contribution in [-0.2, 0) is 11.2 Å². The van der Waals surface area contributed by atoms with E-state index in [-0.39, 0.29) is 28.3 Å². The second-order valence-corrected chi connectivity index (χ2v) is 8.59. The number of carboxylic acids is 1. The number of rotatable bonds is 8. The van der Waals surface area contributed by atoms with Gasteiger partial charge in [-0.1, -0.05) is 41.9 Å². The molecule has 1 amide bonds. The summed E-state index contributed by atoms with van der Waals surface area (Å²) in [6.07, 6.45) is 1.61. The lowest BCUT2D eigenvalue weighted by atomic mass is 10.0. The number of halogens is 1. The molecular weight excluding hydrogens is 498 g/mol. The number of carbonyl (C=O) groups excluding carboxylic acids is 1. The first-order valence-corrected chi connectivity index (χ1v) is 11.5. The third kappa shape index (κ3) is 5.91. The van der Waals surface area contributed by atoms with E-state index < -0.39 is 28.4 Å². The molecule has 4 aromatic rings. The van der Waals surface area contributed by atoms with Crippen LogP contribution in [0, 0.1) is 10.1 Å². The SMILES string of the molecule is O=C(O)c1ccc(NC(=O)C(Cc2ccccc2)n2ccc(-c3cc(Cl)ccc3[N+](=O)[O-])cc2=O)cc1. The molecule has 3 aromatic carbocycles. The monoisotopic (exact) mass is 517 g/mol. The molecule has 1 atom stereocenters. The molecule has 2 N–H and O–H groups in total. The summed E-state index contributed by atoms with van der Waals surface area (Å²) >= 11 is 6.04. The van der Waals surface area contributed by atoms with E-state index in [0.717, 1.165) is 5.56 Å². The summed E-state index contributed by atoms with van der Waals surface area (Å²) in [6.45, 7) is 0. The Morgan fingerprint density at radius 3 is 2.32 bits per heavy atom. The number of aromatic nitrogens is 1. The summed E-state index contributed by atoms with van der Waals surface area (Å²) in [5.74, 6) is -1.58.